The summed E-state index contributed by atoms with van der Waals surface area (Å²) in [4.78, 5) is 74.9. The van der Waals surface area contributed by atoms with Crippen LogP contribution in [-0.2, 0) is 35.4 Å². The maximum Gasteiger partial charge on any atom is 0.408 e. The molecule has 0 unspecified atom stereocenters. The molecule has 2 aromatic carbocycles. The van der Waals surface area contributed by atoms with Crippen molar-refractivity contribution in [1.82, 2.24) is 20.9 Å². The summed E-state index contributed by atoms with van der Waals surface area (Å²) in [5, 5.41) is 13.1. The maximum absolute atomic E-state index is 14.5. The number of hydrogen-bond acceptors (Lipinski definition) is 8. The first-order valence-electron chi connectivity index (χ1n) is 17.1. The number of nitrogens with zero attached hydrogens (tertiary/aromatic N) is 2. The molecule has 2 aliphatic heterocycles. The second-order valence-electron chi connectivity index (χ2n) is 14.7. The normalized spacial score (nSPS) is 21.1. The third-order valence-corrected chi connectivity index (χ3v) is 9.43. The molecule has 2 fully saturated rings. The average molecular weight is 708 g/mol. The minimum atomic E-state index is -1.09. The van der Waals surface area contributed by atoms with Crippen molar-refractivity contribution in [2.24, 2.45) is 10.6 Å². The van der Waals surface area contributed by atoms with E-state index in [9.17, 15) is 24.0 Å². The first-order valence-corrected chi connectivity index (χ1v) is 17.5. The first kappa shape index (κ1) is 36.8. The summed E-state index contributed by atoms with van der Waals surface area (Å²) >= 11 is 6.24. The highest BCUT2D eigenvalue weighted by Gasteiger charge is 2.55. The van der Waals surface area contributed by atoms with Crippen LogP contribution in [0.3, 0.4) is 0 Å². The molecule has 13 heteroatoms. The number of alkyl carbamates (subject to hydrolysis) is 1. The first-order chi connectivity index (χ1) is 23.7. The lowest BCUT2D eigenvalue weighted by molar-refractivity contribution is -0.144. The van der Waals surface area contributed by atoms with Crippen molar-refractivity contribution < 1.29 is 33.5 Å². The number of amides is 4. The summed E-state index contributed by atoms with van der Waals surface area (Å²) in [5.41, 5.74) is 1.37. The van der Waals surface area contributed by atoms with Gasteiger partial charge in [-0.15, -0.1) is 0 Å². The quantitative estimate of drug-likeness (QED) is 0.273. The Morgan fingerprint density at radius 1 is 1.08 bits per heavy atom. The number of ketones is 1. The van der Waals surface area contributed by atoms with Crippen molar-refractivity contribution in [3.8, 4) is 0 Å². The van der Waals surface area contributed by atoms with Crippen LogP contribution in [0.15, 0.2) is 53.7 Å². The van der Waals surface area contributed by atoms with Crippen LogP contribution in [0.4, 0.5) is 4.79 Å². The molecule has 2 heterocycles. The number of ether oxygens (including phenoxy) is 1. The third kappa shape index (κ3) is 9.01. The molecule has 4 amide bonds. The lowest BCUT2D eigenvalue weighted by atomic mass is 9.85. The maximum atomic E-state index is 14.5. The Balaban J connectivity index is 1.37. The van der Waals surface area contributed by atoms with E-state index in [2.05, 4.69) is 21.1 Å². The van der Waals surface area contributed by atoms with Gasteiger partial charge in [0, 0.05) is 29.5 Å². The zero-order valence-corrected chi connectivity index (χ0v) is 30.0. The summed E-state index contributed by atoms with van der Waals surface area (Å²) in [5.74, 6) is -2.59. The van der Waals surface area contributed by atoms with Crippen LogP contribution >= 0.6 is 11.6 Å². The molecule has 3 aliphatic rings. The fourth-order valence-electron chi connectivity index (χ4n) is 6.23. The van der Waals surface area contributed by atoms with E-state index < -0.39 is 58.7 Å². The van der Waals surface area contributed by atoms with E-state index in [-0.39, 0.29) is 38.5 Å². The number of aryl methyl sites for hydroxylation is 1. The van der Waals surface area contributed by atoms with Gasteiger partial charge in [0.25, 0.3) is 5.91 Å². The Kier molecular flexibility index (Phi) is 11.2. The highest BCUT2D eigenvalue weighted by atomic mass is 35.5. The predicted molar refractivity (Wildman–Crippen MR) is 187 cm³/mol. The smallest absolute Gasteiger partial charge is 0.408 e. The van der Waals surface area contributed by atoms with Gasteiger partial charge in [0.1, 0.15) is 18.7 Å². The van der Waals surface area contributed by atoms with Gasteiger partial charge >= 0.3 is 6.09 Å². The second kappa shape index (κ2) is 15.2. The Bertz CT molecular complexity index is 1650. The Hall–Kier alpha value is -4.45. The predicted octanol–water partition coefficient (Wildman–Crippen LogP) is 4.59. The minimum Gasteiger partial charge on any atom is -0.445 e. The molecule has 5 rings (SSSR count). The lowest BCUT2D eigenvalue weighted by Gasteiger charge is -2.35. The van der Waals surface area contributed by atoms with Gasteiger partial charge < -0.3 is 30.4 Å². The van der Waals surface area contributed by atoms with Crippen LogP contribution in [0.5, 0.6) is 0 Å². The molecule has 0 bridgehead atoms. The molecular formula is C37H46ClN5O7. The SMILES string of the molecule is CCC[C@H](NC(=O)[C@@H]1C[C@]2(CC(c3cccc(Cl)c3)=NO2)CN1C(=O)[C@@H](NC(=O)OCc1ccc(C)cc1)C(C)(C)C)C(=O)C(=O)NC1CC1. The number of carbonyl (C=O) groups excluding carboxylic acids is 5. The Morgan fingerprint density at radius 2 is 1.80 bits per heavy atom. The zero-order valence-electron chi connectivity index (χ0n) is 29.2. The number of carbonyl (C=O) groups is 5. The van der Waals surface area contributed by atoms with Gasteiger partial charge in [-0.1, -0.05) is 92.8 Å². The van der Waals surface area contributed by atoms with Crippen LogP contribution in [0, 0.1) is 12.3 Å². The fraction of sp³-hybridized carbons (Fsp3) is 0.514. The molecule has 4 atom stereocenters. The number of Topliss-reactive ketones (excluding diaryl/α,β-unsaturated/α-hetero) is 1. The average Bonchev–Trinajstić information content (AvgIpc) is 3.66. The van der Waals surface area contributed by atoms with Gasteiger partial charge in [0.15, 0.2) is 5.60 Å². The number of likely N-dealkylation sites (tertiary alicyclic amines) is 1. The molecular weight excluding hydrogens is 662 g/mol. The van der Waals surface area contributed by atoms with Crippen molar-refractivity contribution in [2.45, 2.75) is 110 Å². The van der Waals surface area contributed by atoms with Gasteiger partial charge in [0.05, 0.1) is 18.3 Å². The molecule has 3 N–H and O–H groups in total. The molecule has 0 radical (unpaired) electrons. The summed E-state index contributed by atoms with van der Waals surface area (Å²) in [6.45, 7) is 9.21. The van der Waals surface area contributed by atoms with Crippen molar-refractivity contribution in [1.29, 1.82) is 0 Å². The van der Waals surface area contributed by atoms with Crippen LogP contribution in [0.25, 0.3) is 0 Å². The van der Waals surface area contributed by atoms with E-state index in [4.69, 9.17) is 21.2 Å². The van der Waals surface area contributed by atoms with E-state index >= 15 is 0 Å². The van der Waals surface area contributed by atoms with E-state index in [1.165, 1.54) is 4.90 Å². The molecule has 1 spiro atoms. The summed E-state index contributed by atoms with van der Waals surface area (Å²) in [7, 11) is 0. The molecule has 0 aromatic heterocycles. The Labute approximate surface area is 297 Å². The molecule has 1 aliphatic carbocycles. The van der Waals surface area contributed by atoms with Gasteiger partial charge in [-0.25, -0.2) is 4.79 Å². The van der Waals surface area contributed by atoms with Crippen LogP contribution < -0.4 is 16.0 Å². The molecule has 2 aromatic rings. The van der Waals surface area contributed by atoms with Crippen LogP contribution in [-0.4, -0.2) is 76.5 Å². The molecule has 1 saturated heterocycles. The van der Waals surface area contributed by atoms with Gasteiger partial charge in [0.2, 0.25) is 17.6 Å². The zero-order chi connectivity index (χ0) is 36.2. The number of oxime groups is 1. The van der Waals surface area contributed by atoms with Crippen molar-refractivity contribution in [3.05, 3.63) is 70.2 Å². The summed E-state index contributed by atoms with van der Waals surface area (Å²) in [6, 6.07) is 11.4. The van der Waals surface area contributed by atoms with E-state index in [1.807, 2.05) is 44.2 Å². The lowest BCUT2D eigenvalue weighted by Crippen LogP contribution is -2.59. The largest absolute Gasteiger partial charge is 0.445 e. The van der Waals surface area contributed by atoms with Crippen LogP contribution in [0.1, 0.15) is 82.9 Å². The monoisotopic (exact) mass is 707 g/mol. The van der Waals surface area contributed by atoms with Crippen molar-refractivity contribution >= 4 is 46.9 Å². The fourth-order valence-corrected chi connectivity index (χ4v) is 6.42. The Morgan fingerprint density at radius 3 is 2.44 bits per heavy atom. The number of rotatable bonds is 12. The molecule has 1 saturated carbocycles. The summed E-state index contributed by atoms with van der Waals surface area (Å²) < 4.78 is 5.48. The molecule has 12 nitrogen and oxygen atoms in total. The van der Waals surface area contributed by atoms with E-state index in [0.29, 0.717) is 17.2 Å². The number of hydrogen-bond donors (Lipinski definition) is 3. The van der Waals surface area contributed by atoms with Crippen LogP contribution in [0.2, 0.25) is 5.02 Å². The van der Waals surface area contributed by atoms with Gasteiger partial charge in [-0.2, -0.15) is 0 Å². The summed E-state index contributed by atoms with van der Waals surface area (Å²) in [6.07, 6.45) is 1.96. The van der Waals surface area contributed by atoms with Gasteiger partial charge in [-0.05, 0) is 49.3 Å². The standard InChI is InChI=1S/C37H46ClN5O7/c1-6-8-27(30(44)33(46)39-26-15-16-26)40-32(45)29-19-37(18-28(42-50-37)24-9-7-10-25(38)17-24)21-43(29)34(47)31(36(3,4)5)41-35(48)49-20-23-13-11-22(2)12-14-23/h7,9-14,17,26-27,29,31H,6,8,15-16,18-21H2,1-5H3,(H,39,46)(H,40,45)(H,41,48)/t27-,29-,31+,37+/m0/s1. The topological polar surface area (TPSA) is 156 Å². The minimum absolute atomic E-state index is 0.00759. The molecule has 268 valence electrons. The highest BCUT2D eigenvalue weighted by Crippen LogP contribution is 2.40. The second-order valence-corrected chi connectivity index (χ2v) is 15.1. The van der Waals surface area contributed by atoms with Crippen molar-refractivity contribution in [2.75, 3.05) is 6.54 Å². The van der Waals surface area contributed by atoms with E-state index in [0.717, 1.165) is 29.5 Å². The molecule has 50 heavy (non-hydrogen) atoms. The van der Waals surface area contributed by atoms with E-state index in [1.54, 1.807) is 39.0 Å². The number of nitrogens with one attached hydrogen (secondary N) is 3. The highest BCUT2D eigenvalue weighted by molar-refractivity contribution is 6.38. The number of benzene rings is 2. The number of halogens is 1. The van der Waals surface area contributed by atoms with Crippen molar-refractivity contribution in [3.63, 3.8) is 0 Å². The third-order valence-electron chi connectivity index (χ3n) is 9.20. The van der Waals surface area contributed by atoms with Gasteiger partial charge in [-0.3, -0.25) is 19.2 Å².